The summed E-state index contributed by atoms with van der Waals surface area (Å²) in [5, 5.41) is 3.34. The van der Waals surface area contributed by atoms with E-state index in [0.29, 0.717) is 0 Å². The van der Waals surface area contributed by atoms with Crippen LogP contribution in [0.1, 0.15) is 25.3 Å². The largest absolute Gasteiger partial charge is 0.471 e. The lowest BCUT2D eigenvalue weighted by atomic mass is 9.94. The first-order chi connectivity index (χ1) is 7.20. The molecule has 0 radical (unpaired) electrons. The molecule has 3 nitrogen and oxygen atoms in total. The van der Waals surface area contributed by atoms with Crippen LogP contribution in [0.15, 0.2) is 18.3 Å². The zero-order valence-corrected chi connectivity index (χ0v) is 9.42. The van der Waals surface area contributed by atoms with Gasteiger partial charge in [0, 0.05) is 11.8 Å². The van der Waals surface area contributed by atoms with Crippen LogP contribution in [-0.4, -0.2) is 23.7 Å². The van der Waals surface area contributed by atoms with Gasteiger partial charge >= 0.3 is 0 Å². The van der Waals surface area contributed by atoms with Crippen molar-refractivity contribution in [2.75, 3.05) is 13.1 Å². The van der Waals surface area contributed by atoms with Gasteiger partial charge in [0.15, 0.2) is 0 Å². The van der Waals surface area contributed by atoms with Crippen molar-refractivity contribution < 1.29 is 4.74 Å². The van der Waals surface area contributed by atoms with E-state index in [1.54, 1.807) is 6.20 Å². The Hall–Kier alpha value is -1.09. The van der Waals surface area contributed by atoms with Crippen molar-refractivity contribution in [3.05, 3.63) is 23.9 Å². The second-order valence-electron chi connectivity index (χ2n) is 4.43. The molecule has 0 bridgehead atoms. The summed E-state index contributed by atoms with van der Waals surface area (Å²) >= 11 is 0. The van der Waals surface area contributed by atoms with Crippen LogP contribution in [0, 0.1) is 6.92 Å². The van der Waals surface area contributed by atoms with Crippen LogP contribution in [0.5, 0.6) is 5.88 Å². The first-order valence-corrected chi connectivity index (χ1v) is 5.51. The SMILES string of the molecule is Cc1cccnc1OC1(C)CCNCC1. The average Bonchev–Trinajstić information content (AvgIpc) is 2.22. The third-order valence-electron chi connectivity index (χ3n) is 2.97. The van der Waals surface area contributed by atoms with Crippen molar-refractivity contribution in [1.29, 1.82) is 0 Å². The van der Waals surface area contributed by atoms with E-state index in [-0.39, 0.29) is 5.60 Å². The molecule has 1 aromatic heterocycles. The molecule has 0 spiro atoms. The number of nitrogens with zero attached hydrogens (tertiary/aromatic N) is 1. The van der Waals surface area contributed by atoms with Crippen molar-refractivity contribution in [3.63, 3.8) is 0 Å². The summed E-state index contributed by atoms with van der Waals surface area (Å²) in [6.07, 6.45) is 3.87. The van der Waals surface area contributed by atoms with Gasteiger partial charge in [0.2, 0.25) is 5.88 Å². The van der Waals surface area contributed by atoms with Gasteiger partial charge in [0.25, 0.3) is 0 Å². The molecule has 0 unspecified atom stereocenters. The molecule has 0 saturated carbocycles. The molecule has 2 heterocycles. The Morgan fingerprint density at radius 3 is 2.80 bits per heavy atom. The van der Waals surface area contributed by atoms with Crippen molar-refractivity contribution >= 4 is 0 Å². The summed E-state index contributed by atoms with van der Waals surface area (Å²) in [6, 6.07) is 3.97. The number of hydrogen-bond acceptors (Lipinski definition) is 3. The molecule has 1 saturated heterocycles. The van der Waals surface area contributed by atoms with E-state index in [9.17, 15) is 0 Å². The summed E-state index contributed by atoms with van der Waals surface area (Å²) in [6.45, 7) is 6.26. The predicted molar refractivity (Wildman–Crippen MR) is 60.1 cm³/mol. The quantitative estimate of drug-likeness (QED) is 0.802. The number of hydrogen-bond donors (Lipinski definition) is 1. The maximum atomic E-state index is 6.02. The van der Waals surface area contributed by atoms with Gasteiger partial charge in [-0.15, -0.1) is 0 Å². The second kappa shape index (κ2) is 4.19. The van der Waals surface area contributed by atoms with Gasteiger partial charge < -0.3 is 10.1 Å². The first kappa shape index (κ1) is 10.4. The molecular weight excluding hydrogens is 188 g/mol. The molecule has 0 amide bonds. The summed E-state index contributed by atoms with van der Waals surface area (Å²) in [5.74, 6) is 0.780. The van der Waals surface area contributed by atoms with Crippen molar-refractivity contribution in [2.24, 2.45) is 0 Å². The van der Waals surface area contributed by atoms with E-state index >= 15 is 0 Å². The van der Waals surface area contributed by atoms with Gasteiger partial charge in [-0.1, -0.05) is 6.07 Å². The standard InChI is InChI=1S/C12H18N2O/c1-10-4-3-7-14-11(10)15-12(2)5-8-13-9-6-12/h3-4,7,13H,5-6,8-9H2,1-2H3. The fourth-order valence-electron chi connectivity index (χ4n) is 1.87. The van der Waals surface area contributed by atoms with Crippen LogP contribution in [-0.2, 0) is 0 Å². The normalized spacial score (nSPS) is 19.9. The molecule has 15 heavy (non-hydrogen) atoms. The highest BCUT2D eigenvalue weighted by Gasteiger charge is 2.29. The van der Waals surface area contributed by atoms with Gasteiger partial charge in [-0.3, -0.25) is 0 Å². The van der Waals surface area contributed by atoms with Gasteiger partial charge in [-0.05, 0) is 45.8 Å². The Labute approximate surface area is 90.9 Å². The zero-order valence-electron chi connectivity index (χ0n) is 9.42. The molecule has 82 valence electrons. The molecule has 3 heteroatoms. The fraction of sp³-hybridized carbons (Fsp3) is 0.583. The highest BCUT2D eigenvalue weighted by Crippen LogP contribution is 2.26. The number of rotatable bonds is 2. The summed E-state index contributed by atoms with van der Waals surface area (Å²) in [4.78, 5) is 4.27. The Morgan fingerprint density at radius 1 is 1.40 bits per heavy atom. The van der Waals surface area contributed by atoms with Crippen LogP contribution in [0.25, 0.3) is 0 Å². The van der Waals surface area contributed by atoms with Crippen molar-refractivity contribution in [3.8, 4) is 5.88 Å². The third-order valence-corrected chi connectivity index (χ3v) is 2.97. The summed E-state index contributed by atoms with van der Waals surface area (Å²) in [5.41, 5.74) is 1.06. The maximum absolute atomic E-state index is 6.02. The Bertz CT molecular complexity index is 332. The Balaban J connectivity index is 2.10. The number of nitrogens with one attached hydrogen (secondary N) is 1. The predicted octanol–water partition coefficient (Wildman–Crippen LogP) is 1.91. The smallest absolute Gasteiger partial charge is 0.216 e. The fourth-order valence-corrected chi connectivity index (χ4v) is 1.87. The topological polar surface area (TPSA) is 34.1 Å². The van der Waals surface area contributed by atoms with E-state index in [0.717, 1.165) is 37.4 Å². The highest BCUT2D eigenvalue weighted by atomic mass is 16.5. The number of aryl methyl sites for hydroxylation is 1. The lowest BCUT2D eigenvalue weighted by Crippen LogP contribution is -2.44. The summed E-state index contributed by atoms with van der Waals surface area (Å²) < 4.78 is 6.02. The monoisotopic (exact) mass is 206 g/mol. The minimum atomic E-state index is -0.0512. The molecule has 0 aromatic carbocycles. The minimum Gasteiger partial charge on any atom is -0.471 e. The Kier molecular flexibility index (Phi) is 2.91. The number of piperidine rings is 1. The average molecular weight is 206 g/mol. The van der Waals surface area contributed by atoms with Gasteiger partial charge in [-0.25, -0.2) is 4.98 Å². The lowest BCUT2D eigenvalue weighted by molar-refractivity contribution is 0.0500. The Morgan fingerprint density at radius 2 is 2.13 bits per heavy atom. The van der Waals surface area contributed by atoms with Crippen LogP contribution in [0.2, 0.25) is 0 Å². The zero-order chi connectivity index (χ0) is 10.7. The second-order valence-corrected chi connectivity index (χ2v) is 4.43. The van der Waals surface area contributed by atoms with E-state index in [1.807, 2.05) is 19.1 Å². The summed E-state index contributed by atoms with van der Waals surface area (Å²) in [7, 11) is 0. The molecule has 1 aromatic rings. The number of pyridine rings is 1. The van der Waals surface area contributed by atoms with E-state index < -0.39 is 0 Å². The lowest BCUT2D eigenvalue weighted by Gasteiger charge is -2.34. The van der Waals surface area contributed by atoms with Crippen LogP contribution < -0.4 is 10.1 Å². The molecule has 1 aliphatic heterocycles. The molecule has 2 rings (SSSR count). The minimum absolute atomic E-state index is 0.0512. The van der Waals surface area contributed by atoms with Crippen molar-refractivity contribution in [1.82, 2.24) is 10.3 Å². The number of ether oxygens (including phenoxy) is 1. The maximum Gasteiger partial charge on any atom is 0.216 e. The molecule has 1 N–H and O–H groups in total. The third kappa shape index (κ3) is 2.48. The van der Waals surface area contributed by atoms with Gasteiger partial charge in [0.1, 0.15) is 5.60 Å². The highest BCUT2D eigenvalue weighted by molar-refractivity contribution is 5.24. The number of aromatic nitrogens is 1. The van der Waals surface area contributed by atoms with E-state index in [1.165, 1.54) is 0 Å². The van der Waals surface area contributed by atoms with Gasteiger partial charge in [0.05, 0.1) is 0 Å². The van der Waals surface area contributed by atoms with Gasteiger partial charge in [-0.2, -0.15) is 0 Å². The van der Waals surface area contributed by atoms with Crippen LogP contribution in [0.3, 0.4) is 0 Å². The van der Waals surface area contributed by atoms with E-state index in [4.69, 9.17) is 4.74 Å². The molecule has 0 aliphatic carbocycles. The van der Waals surface area contributed by atoms with Crippen LogP contribution >= 0.6 is 0 Å². The first-order valence-electron chi connectivity index (χ1n) is 5.51. The molecular formula is C12H18N2O. The van der Waals surface area contributed by atoms with Crippen LogP contribution in [0.4, 0.5) is 0 Å². The molecule has 1 aliphatic rings. The van der Waals surface area contributed by atoms with Crippen molar-refractivity contribution in [2.45, 2.75) is 32.3 Å². The molecule has 0 atom stereocenters. The molecule has 1 fully saturated rings. The van der Waals surface area contributed by atoms with E-state index in [2.05, 4.69) is 17.2 Å².